The third kappa shape index (κ3) is 24.0. The maximum Gasteiger partial charge on any atom is 0.122 e. The van der Waals surface area contributed by atoms with Crippen molar-refractivity contribution < 1.29 is 46.7 Å². The zero-order valence-electron chi connectivity index (χ0n) is 44.1. The van der Waals surface area contributed by atoms with Gasteiger partial charge in [-0.05, 0) is 118 Å². The van der Waals surface area contributed by atoms with E-state index in [0.29, 0.717) is 70.3 Å². The predicted molar refractivity (Wildman–Crippen MR) is 277 cm³/mol. The quantitative estimate of drug-likeness (QED) is 0.131. The summed E-state index contributed by atoms with van der Waals surface area (Å²) < 4.78 is 9.89. The molecule has 2 aliphatic heterocycles. The molecule has 4 aromatic carbocycles. The molecule has 4 aromatic rings. The van der Waals surface area contributed by atoms with Crippen molar-refractivity contribution in [2.24, 2.45) is 0 Å². The van der Waals surface area contributed by atoms with E-state index in [-0.39, 0.29) is 54.5 Å². The van der Waals surface area contributed by atoms with Gasteiger partial charge in [0.05, 0.1) is 0 Å². The summed E-state index contributed by atoms with van der Waals surface area (Å²) in [5.41, 5.74) is 8.38. The van der Waals surface area contributed by atoms with Crippen LogP contribution in [0.2, 0.25) is 0 Å². The molecular weight excluding hydrogens is 841 g/mol. The van der Waals surface area contributed by atoms with Gasteiger partial charge in [-0.3, -0.25) is 0 Å². The van der Waals surface area contributed by atoms with E-state index in [0.717, 1.165) is 70.9 Å². The SMILES string of the molecule is C1CCOC1.C1CCOC1.CC(C)c1cccc(C(C)C)c1O.CC(C)c1cccc(C(C)C)c1O.CC(C)c1cccc(C(C)C)c1O.CC(C)c1cccc(C(C)C)c1O.[Co].[Li].[Li]. The van der Waals surface area contributed by atoms with Crippen LogP contribution in [0.5, 0.6) is 23.0 Å². The van der Waals surface area contributed by atoms with Crippen LogP contribution < -0.4 is 0 Å². The van der Waals surface area contributed by atoms with Crippen molar-refractivity contribution in [3.05, 3.63) is 117 Å². The molecule has 9 heteroatoms. The summed E-state index contributed by atoms with van der Waals surface area (Å²) in [5, 5.41) is 39.7. The zero-order chi connectivity index (χ0) is 47.1. The van der Waals surface area contributed by atoms with Crippen LogP contribution >= 0.6 is 0 Å². The van der Waals surface area contributed by atoms with E-state index in [1.54, 1.807) is 0 Å². The Morgan fingerprint density at radius 1 is 0.292 bits per heavy atom. The minimum absolute atomic E-state index is 0. The molecule has 0 amide bonds. The second kappa shape index (κ2) is 35.8. The summed E-state index contributed by atoms with van der Waals surface area (Å²) in [6, 6.07) is 24.0. The van der Waals surface area contributed by atoms with Gasteiger partial charge in [0.25, 0.3) is 0 Å². The Labute approximate surface area is 432 Å². The topological polar surface area (TPSA) is 99.4 Å². The molecule has 0 aliphatic carbocycles. The van der Waals surface area contributed by atoms with Crippen LogP contribution in [0.25, 0.3) is 0 Å². The molecule has 4 N–H and O–H groups in total. The van der Waals surface area contributed by atoms with Gasteiger partial charge in [-0.15, -0.1) is 0 Å². The number of phenols is 4. The Kier molecular flexibility index (Phi) is 36.9. The molecule has 6 nitrogen and oxygen atoms in total. The molecule has 2 aliphatic rings. The summed E-state index contributed by atoms with van der Waals surface area (Å²) in [6.07, 6.45) is 5.11. The molecule has 2 heterocycles. The number of aromatic hydroxyl groups is 4. The zero-order valence-corrected chi connectivity index (χ0v) is 45.2. The number of hydrogen-bond acceptors (Lipinski definition) is 6. The first-order valence-corrected chi connectivity index (χ1v) is 23.6. The first-order valence-electron chi connectivity index (χ1n) is 23.6. The first-order chi connectivity index (χ1) is 29.1. The predicted octanol–water partition coefficient (Wildman–Crippen LogP) is 15.4. The monoisotopic (exact) mass is 930 g/mol. The summed E-state index contributed by atoms with van der Waals surface area (Å²) in [7, 11) is 0. The smallest absolute Gasteiger partial charge is 0.122 e. The van der Waals surface area contributed by atoms with Crippen molar-refractivity contribution in [2.45, 2.75) is 184 Å². The standard InChI is InChI=1S/4C12H18O.2C4H8O.Co.2Li/c4*1-8(2)10-6-5-7-11(9(3)4)12(10)13;2*1-2-4-5-3-1;;;/h4*5-9,13H,1-4H3;2*1-4H2;;;. The molecule has 6 rings (SSSR count). The number of ether oxygens (including phenoxy) is 2. The van der Waals surface area contributed by atoms with Crippen molar-refractivity contribution in [3.8, 4) is 23.0 Å². The minimum atomic E-state index is 0. The maximum absolute atomic E-state index is 9.93. The average Bonchev–Trinajstić information content (AvgIpc) is 3.99. The van der Waals surface area contributed by atoms with E-state index in [9.17, 15) is 20.4 Å². The average molecular weight is 930 g/mol. The Bertz CT molecular complexity index is 1450. The Hall–Kier alpha value is -2.30. The van der Waals surface area contributed by atoms with Crippen molar-refractivity contribution in [3.63, 3.8) is 0 Å². The molecule has 2 fully saturated rings. The van der Waals surface area contributed by atoms with Crippen molar-refractivity contribution in [2.75, 3.05) is 26.4 Å². The summed E-state index contributed by atoms with van der Waals surface area (Å²) in [5.74, 6) is 5.02. The van der Waals surface area contributed by atoms with Crippen LogP contribution in [0.1, 0.15) is 228 Å². The van der Waals surface area contributed by atoms with Gasteiger partial charge in [0.1, 0.15) is 23.0 Å². The molecule has 65 heavy (non-hydrogen) atoms. The Morgan fingerprint density at radius 3 is 0.492 bits per heavy atom. The molecule has 0 bridgehead atoms. The van der Waals surface area contributed by atoms with E-state index >= 15 is 0 Å². The van der Waals surface area contributed by atoms with Gasteiger partial charge in [-0.1, -0.05) is 184 Å². The molecular formula is C56H88CoLi2O6. The second-order valence-electron chi connectivity index (χ2n) is 19.0. The fraction of sp³-hybridized carbons (Fsp3) is 0.571. The van der Waals surface area contributed by atoms with Crippen LogP contribution in [0.4, 0.5) is 0 Å². The third-order valence-electron chi connectivity index (χ3n) is 11.0. The fourth-order valence-corrected chi connectivity index (χ4v) is 7.07. The van der Waals surface area contributed by atoms with Crippen LogP contribution in [-0.2, 0) is 26.3 Å². The van der Waals surface area contributed by atoms with Crippen molar-refractivity contribution in [1.82, 2.24) is 0 Å². The van der Waals surface area contributed by atoms with Gasteiger partial charge in [-0.25, -0.2) is 0 Å². The third-order valence-corrected chi connectivity index (χ3v) is 11.0. The summed E-state index contributed by atoms with van der Waals surface area (Å²) in [6.45, 7) is 37.5. The van der Waals surface area contributed by atoms with Crippen LogP contribution in [-0.4, -0.2) is 84.6 Å². The molecule has 0 unspecified atom stereocenters. The Balaban J connectivity index is -0.000000723. The Morgan fingerprint density at radius 2 is 0.415 bits per heavy atom. The minimum Gasteiger partial charge on any atom is -0.507 e. The molecule has 2 saturated heterocycles. The first kappa shape index (κ1) is 67.0. The molecule has 0 atom stereocenters. The number of rotatable bonds is 8. The van der Waals surface area contributed by atoms with Gasteiger partial charge in [0, 0.05) is 80.9 Å². The molecule has 3 radical (unpaired) electrons. The summed E-state index contributed by atoms with van der Waals surface area (Å²) >= 11 is 0. The number of hydrogen-bond donors (Lipinski definition) is 4. The van der Waals surface area contributed by atoms with E-state index < -0.39 is 0 Å². The van der Waals surface area contributed by atoms with Crippen LogP contribution in [0, 0.1) is 0 Å². The van der Waals surface area contributed by atoms with Gasteiger partial charge in [0.2, 0.25) is 0 Å². The largest absolute Gasteiger partial charge is 0.507 e. The summed E-state index contributed by atoms with van der Waals surface area (Å²) in [4.78, 5) is 0. The van der Waals surface area contributed by atoms with Gasteiger partial charge < -0.3 is 29.9 Å². The number of benzene rings is 4. The molecule has 0 saturated carbocycles. The van der Waals surface area contributed by atoms with E-state index in [1.807, 2.05) is 72.8 Å². The molecule has 359 valence electrons. The van der Waals surface area contributed by atoms with E-state index in [2.05, 4.69) is 111 Å². The van der Waals surface area contributed by atoms with E-state index in [1.165, 1.54) is 25.7 Å². The number of phenolic OH excluding ortho intramolecular Hbond substituents is 4. The van der Waals surface area contributed by atoms with Crippen molar-refractivity contribution in [1.29, 1.82) is 0 Å². The fourth-order valence-electron chi connectivity index (χ4n) is 7.07. The maximum atomic E-state index is 9.93. The van der Waals surface area contributed by atoms with Gasteiger partial charge in [0.15, 0.2) is 0 Å². The molecule has 0 aromatic heterocycles. The second-order valence-corrected chi connectivity index (χ2v) is 19.0. The van der Waals surface area contributed by atoms with Gasteiger partial charge >= 0.3 is 0 Å². The van der Waals surface area contributed by atoms with Gasteiger partial charge in [-0.2, -0.15) is 0 Å². The molecule has 0 spiro atoms. The number of para-hydroxylation sites is 4. The van der Waals surface area contributed by atoms with Crippen LogP contribution in [0.15, 0.2) is 72.8 Å². The normalized spacial score (nSPS) is 12.7. The van der Waals surface area contributed by atoms with E-state index in [4.69, 9.17) is 9.47 Å². The van der Waals surface area contributed by atoms with Crippen LogP contribution in [0.3, 0.4) is 0 Å². The van der Waals surface area contributed by atoms with Crippen molar-refractivity contribution >= 4 is 37.7 Å².